The van der Waals surface area contributed by atoms with Gasteiger partial charge in [0.15, 0.2) is 23.0 Å². The first-order valence-electron chi connectivity index (χ1n) is 21.0. The van der Waals surface area contributed by atoms with Crippen molar-refractivity contribution in [3.05, 3.63) is 152 Å². The van der Waals surface area contributed by atoms with Gasteiger partial charge in [-0.15, -0.1) is 6.58 Å². The minimum atomic E-state index is -1.11. The molecule has 7 aromatic rings. The topological polar surface area (TPSA) is 225 Å². The molecule has 4 aromatic heterocycles. The number of para-hydroxylation sites is 1. The summed E-state index contributed by atoms with van der Waals surface area (Å²) in [5.74, 6) is 1.49. The van der Waals surface area contributed by atoms with E-state index >= 15 is 0 Å². The lowest BCUT2D eigenvalue weighted by molar-refractivity contribution is 0.243. The number of hydrogen-bond acceptors (Lipinski definition) is 13. The van der Waals surface area contributed by atoms with Crippen molar-refractivity contribution in [1.82, 2.24) is 47.0 Å². The predicted octanol–water partition coefficient (Wildman–Crippen LogP) is 1.17. The zero-order valence-electron chi connectivity index (χ0n) is 37.0. The number of aryl methyl sites for hydroxylation is 4. The van der Waals surface area contributed by atoms with Crippen molar-refractivity contribution < 1.29 is 24.1 Å². The first kappa shape index (κ1) is 43.2. The standard InChI is InChI=1S/C45H46N10O11/c1-8-10-24-11-9-12-26(39(24)56)38-25-13-18-52-42(59)50(16-14-27-40(57)48(2)31-21-36(65-6)34(63-4)19-29(31)46-27)44(61)54(52)33(25)23-53-43(60)51(45(62)55(38)53)17-15-28-41(58)49(3)32-22-37(66-7)35(64-5)20-30(32)47-28/h8-9,11-13,19-22,33,38,56H,1,10,14-18,23H2,2-7H3/t33-,38-/m1/s1. The van der Waals surface area contributed by atoms with Crippen LogP contribution in [0.4, 0.5) is 0 Å². The smallest absolute Gasteiger partial charge is 0.348 e. The maximum absolute atomic E-state index is 14.6. The van der Waals surface area contributed by atoms with Gasteiger partial charge < -0.3 is 33.2 Å². The Kier molecular flexibility index (Phi) is 10.8. The van der Waals surface area contributed by atoms with E-state index in [4.69, 9.17) is 18.9 Å². The molecule has 0 unspecified atom stereocenters. The number of allylic oxidation sites excluding steroid dienone is 3. The quantitative estimate of drug-likeness (QED) is 0.161. The molecule has 0 spiro atoms. The lowest BCUT2D eigenvalue weighted by Gasteiger charge is -2.38. The van der Waals surface area contributed by atoms with E-state index in [9.17, 15) is 33.9 Å². The minimum absolute atomic E-state index is 0.0770. The average Bonchev–Trinajstić information content (AvgIpc) is 3.71. The maximum atomic E-state index is 14.6. The van der Waals surface area contributed by atoms with E-state index in [0.717, 1.165) is 9.13 Å². The van der Waals surface area contributed by atoms with Gasteiger partial charge in [-0.25, -0.2) is 57.0 Å². The van der Waals surface area contributed by atoms with Crippen LogP contribution in [0, 0.1) is 0 Å². The second-order valence-electron chi connectivity index (χ2n) is 16.0. The summed E-state index contributed by atoms with van der Waals surface area (Å²) < 4.78 is 31.5. The molecule has 21 heteroatoms. The van der Waals surface area contributed by atoms with Crippen LogP contribution >= 0.6 is 0 Å². The Balaban J connectivity index is 1.12. The number of phenols is 1. The third-order valence-electron chi connectivity index (χ3n) is 12.6. The normalized spacial score (nSPS) is 15.3. The lowest BCUT2D eigenvalue weighted by atomic mass is 9.88. The summed E-state index contributed by atoms with van der Waals surface area (Å²) in [5.41, 5.74) is -0.374. The van der Waals surface area contributed by atoms with E-state index in [2.05, 4.69) is 16.5 Å². The van der Waals surface area contributed by atoms with Crippen LogP contribution in [0.2, 0.25) is 0 Å². The van der Waals surface area contributed by atoms with Crippen LogP contribution in [0.25, 0.3) is 22.1 Å². The molecule has 0 saturated carbocycles. The first-order valence-corrected chi connectivity index (χ1v) is 21.0. The highest BCUT2D eigenvalue weighted by molar-refractivity contribution is 5.80. The Bertz CT molecular complexity index is 3580. The van der Waals surface area contributed by atoms with E-state index in [0.29, 0.717) is 62.6 Å². The van der Waals surface area contributed by atoms with Gasteiger partial charge >= 0.3 is 22.8 Å². The molecule has 1 N–H and O–H groups in total. The Labute approximate surface area is 373 Å². The van der Waals surface area contributed by atoms with Crippen molar-refractivity contribution in [1.29, 1.82) is 0 Å². The van der Waals surface area contributed by atoms with Crippen molar-refractivity contribution in [2.75, 3.05) is 28.4 Å². The van der Waals surface area contributed by atoms with Gasteiger partial charge in [0.1, 0.15) is 23.2 Å². The molecule has 21 nitrogen and oxygen atoms in total. The van der Waals surface area contributed by atoms with Crippen molar-refractivity contribution in [2.24, 2.45) is 14.1 Å². The van der Waals surface area contributed by atoms with Crippen LogP contribution in [0.1, 0.15) is 34.6 Å². The molecule has 342 valence electrons. The number of rotatable bonds is 13. The fraction of sp³-hybridized carbons (Fsp3) is 0.333. The molecule has 0 radical (unpaired) electrons. The number of phenolic OH excluding ortho intramolecular Hbond substituents is 1. The van der Waals surface area contributed by atoms with Crippen LogP contribution in [0.5, 0.6) is 28.7 Å². The van der Waals surface area contributed by atoms with Crippen molar-refractivity contribution in [3.63, 3.8) is 0 Å². The fourth-order valence-electron chi connectivity index (χ4n) is 9.25. The fourth-order valence-corrected chi connectivity index (χ4v) is 9.25. The van der Waals surface area contributed by atoms with E-state index in [-0.39, 0.29) is 61.7 Å². The second kappa shape index (κ2) is 16.5. The molecule has 9 rings (SSSR count). The molecule has 0 aliphatic carbocycles. The molecule has 0 bridgehead atoms. The molecular formula is C45H46N10O11. The van der Waals surface area contributed by atoms with Gasteiger partial charge in [-0.3, -0.25) is 9.59 Å². The second-order valence-corrected chi connectivity index (χ2v) is 16.0. The van der Waals surface area contributed by atoms with Crippen LogP contribution in [0.3, 0.4) is 0 Å². The maximum Gasteiger partial charge on any atom is 0.348 e. The highest BCUT2D eigenvalue weighted by Crippen LogP contribution is 2.42. The third kappa shape index (κ3) is 6.59. The number of nitrogens with zero attached hydrogens (tertiary/aromatic N) is 10. The zero-order chi connectivity index (χ0) is 46.9. The van der Waals surface area contributed by atoms with E-state index in [1.807, 2.05) is 0 Å². The molecule has 2 atom stereocenters. The zero-order valence-corrected chi connectivity index (χ0v) is 37.0. The van der Waals surface area contributed by atoms with E-state index in [1.54, 1.807) is 68.7 Å². The summed E-state index contributed by atoms with van der Waals surface area (Å²) in [6, 6.07) is 9.53. The van der Waals surface area contributed by atoms with Crippen LogP contribution < -0.4 is 52.8 Å². The number of benzene rings is 3. The molecule has 0 fully saturated rings. The number of aromatic nitrogens is 10. The van der Waals surface area contributed by atoms with E-state index in [1.165, 1.54) is 56.3 Å². The number of aromatic hydroxyl groups is 1. The molecule has 0 saturated heterocycles. The van der Waals surface area contributed by atoms with Crippen LogP contribution in [-0.2, 0) is 59.5 Å². The largest absolute Gasteiger partial charge is 0.507 e. The summed E-state index contributed by atoms with van der Waals surface area (Å²) in [5, 5.41) is 11.7. The first-order chi connectivity index (χ1) is 31.8. The molecule has 0 amide bonds. The van der Waals surface area contributed by atoms with Crippen molar-refractivity contribution >= 4 is 22.1 Å². The van der Waals surface area contributed by atoms with Gasteiger partial charge in [0.2, 0.25) is 0 Å². The predicted molar refractivity (Wildman–Crippen MR) is 241 cm³/mol. The van der Waals surface area contributed by atoms with Gasteiger partial charge in [0.25, 0.3) is 11.1 Å². The molecule has 2 aliphatic rings. The van der Waals surface area contributed by atoms with Gasteiger partial charge in [-0.2, -0.15) is 0 Å². The average molecular weight is 903 g/mol. The summed E-state index contributed by atoms with van der Waals surface area (Å²) >= 11 is 0. The van der Waals surface area contributed by atoms with Gasteiger partial charge in [0.05, 0.1) is 69.6 Å². The summed E-state index contributed by atoms with van der Waals surface area (Å²) in [6.07, 6.45) is 3.46. The summed E-state index contributed by atoms with van der Waals surface area (Å²) in [7, 11) is 9.09. The molecular weight excluding hydrogens is 857 g/mol. The Morgan fingerprint density at radius 2 is 1.20 bits per heavy atom. The highest BCUT2D eigenvalue weighted by atomic mass is 16.5. The van der Waals surface area contributed by atoms with Crippen molar-refractivity contribution in [3.8, 4) is 28.7 Å². The molecule has 3 aromatic carbocycles. The van der Waals surface area contributed by atoms with Gasteiger partial charge in [-0.05, 0) is 17.6 Å². The number of methoxy groups -OCH3 is 4. The SMILES string of the molecule is C=CCc1cccc([C@H]2C3=CCn4c(=O)n(CCc5nc6cc(OC)c(OC)cc6n(C)c5=O)c(=O)n4[C@@H]3Cn3c(=O)n(CCc4nc5cc(OC)c(OC)cc5n(C)c4=O)c(=O)n32)c1O. The Morgan fingerprint density at radius 1 is 0.697 bits per heavy atom. The van der Waals surface area contributed by atoms with Crippen LogP contribution in [-0.4, -0.2) is 80.5 Å². The molecule has 2 aliphatic heterocycles. The third-order valence-corrected chi connectivity index (χ3v) is 12.6. The van der Waals surface area contributed by atoms with Gasteiger partial charge in [0, 0.05) is 69.9 Å². The Morgan fingerprint density at radius 3 is 1.71 bits per heavy atom. The molecule has 6 heterocycles. The lowest BCUT2D eigenvalue weighted by Crippen LogP contribution is -2.47. The monoisotopic (exact) mass is 902 g/mol. The number of ether oxygens (including phenoxy) is 4. The van der Waals surface area contributed by atoms with Crippen molar-refractivity contribution in [2.45, 2.75) is 57.5 Å². The minimum Gasteiger partial charge on any atom is -0.507 e. The van der Waals surface area contributed by atoms with Crippen LogP contribution in [0.15, 0.2) is 95.5 Å². The summed E-state index contributed by atoms with van der Waals surface area (Å²) in [6.45, 7) is 3.04. The summed E-state index contributed by atoms with van der Waals surface area (Å²) in [4.78, 5) is 94.0. The Hall–Kier alpha value is -8.10. The number of hydrogen-bond donors (Lipinski definition) is 1. The highest BCUT2D eigenvalue weighted by Gasteiger charge is 2.42. The van der Waals surface area contributed by atoms with E-state index < -0.39 is 46.0 Å². The number of fused-ring (bicyclic) bond motifs is 6. The van der Waals surface area contributed by atoms with Gasteiger partial charge in [-0.1, -0.05) is 30.4 Å². The molecule has 66 heavy (non-hydrogen) atoms.